The van der Waals surface area contributed by atoms with Gasteiger partial charge >= 0.3 is 0 Å². The topological polar surface area (TPSA) is 69.7 Å². The van der Waals surface area contributed by atoms with E-state index in [2.05, 4.69) is 10.2 Å². The summed E-state index contributed by atoms with van der Waals surface area (Å²) >= 11 is 11.9. The Labute approximate surface area is 221 Å². The summed E-state index contributed by atoms with van der Waals surface area (Å²) in [5, 5.41) is 4.22. The third-order valence-corrected chi connectivity index (χ3v) is 9.13. The van der Waals surface area contributed by atoms with Crippen molar-refractivity contribution >= 4 is 50.5 Å². The normalized spacial score (nSPS) is 18.2. The number of carbonyl (C=O) groups is 1. The Balaban J connectivity index is 1.28. The molecule has 0 aromatic heterocycles. The van der Waals surface area contributed by atoms with Crippen molar-refractivity contribution in [2.24, 2.45) is 5.92 Å². The first-order valence-electron chi connectivity index (χ1n) is 12.0. The number of nitrogens with one attached hydrogen (secondary N) is 1. The van der Waals surface area contributed by atoms with Crippen LogP contribution in [0.25, 0.3) is 0 Å². The van der Waals surface area contributed by atoms with E-state index in [0.29, 0.717) is 40.9 Å². The lowest BCUT2D eigenvalue weighted by Gasteiger charge is -2.32. The third-order valence-electron chi connectivity index (χ3n) is 6.80. The number of nitrogens with zero attached hydrogens (tertiary/aromatic N) is 2. The van der Waals surface area contributed by atoms with Gasteiger partial charge < -0.3 is 5.32 Å². The zero-order chi connectivity index (χ0) is 25.3. The van der Waals surface area contributed by atoms with E-state index in [9.17, 15) is 13.2 Å². The molecule has 188 valence electrons. The smallest absolute Gasteiger partial charge is 0.264 e. The number of benzene rings is 3. The molecular weight excluding hydrogens is 517 g/mol. The van der Waals surface area contributed by atoms with Crippen LogP contribution in [0.4, 0.5) is 11.4 Å². The molecule has 0 aliphatic carbocycles. The Morgan fingerprint density at radius 3 is 2.36 bits per heavy atom. The minimum Gasteiger partial charge on any atom is -0.326 e. The van der Waals surface area contributed by atoms with Crippen molar-refractivity contribution < 1.29 is 13.2 Å². The maximum absolute atomic E-state index is 13.3. The number of sulfonamides is 1. The average Bonchev–Trinajstić information content (AvgIpc) is 3.30. The van der Waals surface area contributed by atoms with Crippen LogP contribution < -0.4 is 9.62 Å². The standard InChI is InChI=1S/C27H27Cl2N3O3S/c28-22-6-3-19(4-7-22)17-31-14-1-2-21(18-31)27(33)30-24-10-5-20-13-15-32(26(20)16-24)36(34,35)25-11-8-23(29)9-12-25/h3-12,16,21H,1-2,13-15,17-18H2,(H,30,33). The number of rotatable bonds is 6. The van der Waals surface area contributed by atoms with Gasteiger partial charge in [0, 0.05) is 35.4 Å². The van der Waals surface area contributed by atoms with Gasteiger partial charge in [0.05, 0.1) is 16.5 Å². The van der Waals surface area contributed by atoms with E-state index in [4.69, 9.17) is 23.2 Å². The molecule has 0 saturated carbocycles. The number of amides is 1. The van der Waals surface area contributed by atoms with E-state index in [1.54, 1.807) is 18.2 Å². The van der Waals surface area contributed by atoms with Crippen LogP contribution in [0.2, 0.25) is 10.0 Å². The summed E-state index contributed by atoms with van der Waals surface area (Å²) in [4.78, 5) is 15.6. The number of hydrogen-bond acceptors (Lipinski definition) is 4. The molecule has 5 rings (SSSR count). The van der Waals surface area contributed by atoms with E-state index in [1.165, 1.54) is 22.0 Å². The van der Waals surface area contributed by atoms with Crippen LogP contribution in [0.3, 0.4) is 0 Å². The summed E-state index contributed by atoms with van der Waals surface area (Å²) in [7, 11) is -3.73. The zero-order valence-electron chi connectivity index (χ0n) is 19.7. The lowest BCUT2D eigenvalue weighted by molar-refractivity contribution is -0.121. The molecule has 1 unspecified atom stereocenters. The average molecular weight is 545 g/mol. The molecule has 6 nitrogen and oxygen atoms in total. The van der Waals surface area contributed by atoms with Crippen molar-refractivity contribution in [2.75, 3.05) is 29.3 Å². The second kappa shape index (κ2) is 10.4. The van der Waals surface area contributed by atoms with Crippen LogP contribution in [0, 0.1) is 5.92 Å². The molecule has 2 aliphatic heterocycles. The molecule has 3 aromatic rings. The molecule has 1 fully saturated rings. The molecule has 2 aliphatic rings. The van der Waals surface area contributed by atoms with E-state index in [0.717, 1.165) is 31.5 Å². The predicted molar refractivity (Wildman–Crippen MR) is 144 cm³/mol. The minimum absolute atomic E-state index is 0.0409. The van der Waals surface area contributed by atoms with Crippen molar-refractivity contribution in [2.45, 2.75) is 30.7 Å². The first-order valence-corrected chi connectivity index (χ1v) is 14.2. The lowest BCUT2D eigenvalue weighted by atomic mass is 9.96. The summed E-state index contributed by atoms with van der Waals surface area (Å²) in [6.45, 7) is 2.76. The Kier molecular flexibility index (Phi) is 7.26. The minimum atomic E-state index is -3.73. The Morgan fingerprint density at radius 2 is 1.64 bits per heavy atom. The monoisotopic (exact) mass is 543 g/mol. The molecule has 1 amide bonds. The van der Waals surface area contributed by atoms with Crippen LogP contribution >= 0.6 is 23.2 Å². The van der Waals surface area contributed by atoms with Gasteiger partial charge in [-0.2, -0.15) is 0 Å². The molecule has 1 atom stereocenters. The van der Waals surface area contributed by atoms with E-state index >= 15 is 0 Å². The van der Waals surface area contributed by atoms with Gasteiger partial charge in [-0.3, -0.25) is 14.0 Å². The number of piperidine rings is 1. The second-order valence-corrected chi connectivity index (χ2v) is 12.0. The fourth-order valence-corrected chi connectivity index (χ4v) is 6.66. The SMILES string of the molecule is O=C(Nc1ccc2c(c1)N(S(=O)(=O)c1ccc(Cl)cc1)CC2)C1CCCN(Cc2ccc(Cl)cc2)C1. The molecule has 0 radical (unpaired) electrons. The van der Waals surface area contributed by atoms with Crippen molar-refractivity contribution in [3.63, 3.8) is 0 Å². The zero-order valence-corrected chi connectivity index (χ0v) is 22.0. The number of halogens is 2. The Hall–Kier alpha value is -2.58. The van der Waals surface area contributed by atoms with Crippen molar-refractivity contribution in [3.8, 4) is 0 Å². The van der Waals surface area contributed by atoms with Gasteiger partial charge in [0.2, 0.25) is 5.91 Å². The highest BCUT2D eigenvalue weighted by Gasteiger charge is 2.32. The largest absolute Gasteiger partial charge is 0.326 e. The van der Waals surface area contributed by atoms with Gasteiger partial charge in [0.25, 0.3) is 10.0 Å². The lowest BCUT2D eigenvalue weighted by Crippen LogP contribution is -2.40. The van der Waals surface area contributed by atoms with Crippen LogP contribution in [-0.4, -0.2) is 38.9 Å². The fourth-order valence-electron chi connectivity index (χ4n) is 4.92. The maximum atomic E-state index is 13.3. The van der Waals surface area contributed by atoms with Crippen molar-refractivity contribution in [1.29, 1.82) is 0 Å². The highest BCUT2D eigenvalue weighted by atomic mass is 35.5. The number of carbonyl (C=O) groups excluding carboxylic acids is 1. The van der Waals surface area contributed by atoms with E-state index < -0.39 is 10.0 Å². The molecule has 36 heavy (non-hydrogen) atoms. The van der Waals surface area contributed by atoms with Crippen molar-refractivity contribution in [3.05, 3.63) is 87.9 Å². The fraction of sp³-hybridized carbons (Fsp3) is 0.296. The molecule has 0 bridgehead atoms. The molecular formula is C27H27Cl2N3O3S. The number of fused-ring (bicyclic) bond motifs is 1. The Morgan fingerprint density at radius 1 is 0.944 bits per heavy atom. The third kappa shape index (κ3) is 5.39. The van der Waals surface area contributed by atoms with Crippen LogP contribution in [-0.2, 0) is 27.8 Å². The highest BCUT2D eigenvalue weighted by Crippen LogP contribution is 2.35. The van der Waals surface area contributed by atoms with Gasteiger partial charge in [-0.25, -0.2) is 8.42 Å². The van der Waals surface area contributed by atoms with Crippen LogP contribution in [0.15, 0.2) is 71.6 Å². The van der Waals surface area contributed by atoms with Gasteiger partial charge in [0.1, 0.15) is 0 Å². The van der Waals surface area contributed by atoms with E-state index in [1.807, 2.05) is 36.4 Å². The molecule has 1 saturated heterocycles. The Bertz CT molecular complexity index is 1360. The number of likely N-dealkylation sites (tertiary alicyclic amines) is 1. The van der Waals surface area contributed by atoms with Crippen molar-refractivity contribution in [1.82, 2.24) is 4.90 Å². The van der Waals surface area contributed by atoms with Crippen LogP contribution in [0.1, 0.15) is 24.0 Å². The van der Waals surface area contributed by atoms with E-state index in [-0.39, 0.29) is 16.7 Å². The molecule has 1 N–H and O–H groups in total. The maximum Gasteiger partial charge on any atom is 0.264 e. The number of hydrogen-bond donors (Lipinski definition) is 1. The molecule has 9 heteroatoms. The van der Waals surface area contributed by atoms with Gasteiger partial charge in [-0.1, -0.05) is 41.4 Å². The first-order chi connectivity index (χ1) is 17.3. The molecule has 0 spiro atoms. The highest BCUT2D eigenvalue weighted by molar-refractivity contribution is 7.92. The summed E-state index contributed by atoms with van der Waals surface area (Å²) in [5.41, 5.74) is 3.32. The summed E-state index contributed by atoms with van der Waals surface area (Å²) in [5.74, 6) is -0.172. The van der Waals surface area contributed by atoms with Gasteiger partial charge in [0.15, 0.2) is 0 Å². The molecule has 2 heterocycles. The van der Waals surface area contributed by atoms with Gasteiger partial charge in [-0.15, -0.1) is 0 Å². The second-order valence-electron chi connectivity index (χ2n) is 9.31. The van der Waals surface area contributed by atoms with Gasteiger partial charge in [-0.05, 0) is 85.5 Å². The summed E-state index contributed by atoms with van der Waals surface area (Å²) in [6, 6.07) is 19.5. The summed E-state index contributed by atoms with van der Waals surface area (Å²) in [6.07, 6.45) is 2.40. The number of anilines is 2. The molecule has 3 aromatic carbocycles. The predicted octanol–water partition coefficient (Wildman–Crippen LogP) is 5.60. The summed E-state index contributed by atoms with van der Waals surface area (Å²) < 4.78 is 28.0. The van der Waals surface area contributed by atoms with Crippen LogP contribution in [0.5, 0.6) is 0 Å². The quantitative estimate of drug-likeness (QED) is 0.439. The first kappa shape index (κ1) is 25.1.